The van der Waals surface area contributed by atoms with Gasteiger partial charge in [-0.2, -0.15) is 0 Å². The highest BCUT2D eigenvalue weighted by molar-refractivity contribution is 5.43. The van der Waals surface area contributed by atoms with Crippen molar-refractivity contribution in [2.45, 2.75) is 26.8 Å². The molecule has 0 spiro atoms. The van der Waals surface area contributed by atoms with Gasteiger partial charge in [0.1, 0.15) is 11.5 Å². The molecular weight excluding hydrogens is 226 g/mol. The summed E-state index contributed by atoms with van der Waals surface area (Å²) in [6.45, 7) is 5.91. The van der Waals surface area contributed by atoms with E-state index in [-0.39, 0.29) is 11.6 Å². The Kier molecular flexibility index (Phi) is 3.46. The van der Waals surface area contributed by atoms with Crippen molar-refractivity contribution in [3.63, 3.8) is 0 Å². The lowest BCUT2D eigenvalue weighted by Crippen LogP contribution is -2.24. The van der Waals surface area contributed by atoms with E-state index < -0.39 is 0 Å². The van der Waals surface area contributed by atoms with E-state index in [1.807, 2.05) is 45.0 Å². The Morgan fingerprint density at radius 3 is 2.67 bits per heavy atom. The predicted octanol–water partition coefficient (Wildman–Crippen LogP) is 2.36. The zero-order chi connectivity index (χ0) is 13.1. The lowest BCUT2D eigenvalue weighted by atomic mass is 10.3. The molecule has 2 rings (SSSR count). The third-order valence-corrected chi connectivity index (χ3v) is 2.51. The van der Waals surface area contributed by atoms with E-state index in [0.29, 0.717) is 11.5 Å². The Labute approximate surface area is 106 Å². The van der Waals surface area contributed by atoms with Crippen molar-refractivity contribution in [3.8, 4) is 5.82 Å². The van der Waals surface area contributed by atoms with Gasteiger partial charge in [-0.3, -0.25) is 9.36 Å². The van der Waals surface area contributed by atoms with E-state index in [2.05, 4.69) is 10.3 Å². The molecule has 94 valence electrons. The summed E-state index contributed by atoms with van der Waals surface area (Å²) in [7, 11) is 0. The topological polar surface area (TPSA) is 46.9 Å². The van der Waals surface area contributed by atoms with Gasteiger partial charge in [-0.05, 0) is 45.0 Å². The molecule has 0 aromatic carbocycles. The maximum Gasteiger partial charge on any atom is 0.279 e. The number of aryl methyl sites for hydroxylation is 1. The van der Waals surface area contributed by atoms with E-state index in [0.717, 1.165) is 5.69 Å². The molecule has 0 bridgehead atoms. The first-order valence-electron chi connectivity index (χ1n) is 6.00. The first kappa shape index (κ1) is 12.4. The van der Waals surface area contributed by atoms with Crippen molar-refractivity contribution in [3.05, 3.63) is 52.6 Å². The molecule has 0 aliphatic rings. The highest BCUT2D eigenvalue weighted by Crippen LogP contribution is 2.06. The number of nitrogens with one attached hydrogen (secondary N) is 1. The second-order valence-electron chi connectivity index (χ2n) is 4.53. The SMILES string of the molecule is Cc1cccc(-n2cccc(NC(C)C)c2=O)n1. The molecule has 4 nitrogen and oxygen atoms in total. The van der Waals surface area contributed by atoms with Crippen LogP contribution in [-0.4, -0.2) is 15.6 Å². The number of pyridine rings is 2. The van der Waals surface area contributed by atoms with Crippen LogP contribution in [0.25, 0.3) is 5.82 Å². The number of rotatable bonds is 3. The summed E-state index contributed by atoms with van der Waals surface area (Å²) in [5.74, 6) is 0.646. The zero-order valence-corrected chi connectivity index (χ0v) is 10.8. The summed E-state index contributed by atoms with van der Waals surface area (Å²) in [5.41, 5.74) is 1.40. The molecule has 0 aliphatic heterocycles. The van der Waals surface area contributed by atoms with E-state index in [9.17, 15) is 4.79 Å². The fourth-order valence-corrected chi connectivity index (χ4v) is 1.76. The highest BCUT2D eigenvalue weighted by atomic mass is 16.1. The molecule has 0 saturated carbocycles. The average molecular weight is 243 g/mol. The minimum absolute atomic E-state index is 0.0794. The van der Waals surface area contributed by atoms with Crippen LogP contribution < -0.4 is 10.9 Å². The summed E-state index contributed by atoms with van der Waals surface area (Å²) in [5, 5.41) is 3.14. The normalized spacial score (nSPS) is 10.7. The minimum Gasteiger partial charge on any atom is -0.378 e. The maximum atomic E-state index is 12.3. The predicted molar refractivity (Wildman–Crippen MR) is 73.3 cm³/mol. The van der Waals surface area contributed by atoms with Crippen LogP contribution in [0.3, 0.4) is 0 Å². The van der Waals surface area contributed by atoms with Crippen LogP contribution in [0.1, 0.15) is 19.5 Å². The second kappa shape index (κ2) is 5.04. The van der Waals surface area contributed by atoms with Crippen LogP contribution in [0.15, 0.2) is 41.3 Å². The van der Waals surface area contributed by atoms with Crippen molar-refractivity contribution >= 4 is 5.69 Å². The Morgan fingerprint density at radius 2 is 2.00 bits per heavy atom. The molecular formula is C14H17N3O. The summed E-state index contributed by atoms with van der Waals surface area (Å²) in [6, 6.07) is 9.48. The molecule has 0 aliphatic carbocycles. The molecule has 2 heterocycles. The molecule has 0 unspecified atom stereocenters. The van der Waals surface area contributed by atoms with Crippen LogP contribution in [0, 0.1) is 6.92 Å². The molecule has 1 N–H and O–H groups in total. The monoisotopic (exact) mass is 243 g/mol. The van der Waals surface area contributed by atoms with Gasteiger partial charge in [0.2, 0.25) is 0 Å². The fraction of sp³-hybridized carbons (Fsp3) is 0.286. The van der Waals surface area contributed by atoms with Gasteiger partial charge >= 0.3 is 0 Å². The third-order valence-electron chi connectivity index (χ3n) is 2.51. The Hall–Kier alpha value is -2.10. The lowest BCUT2D eigenvalue weighted by Gasteiger charge is -2.11. The largest absolute Gasteiger partial charge is 0.378 e. The lowest BCUT2D eigenvalue weighted by molar-refractivity contribution is 0.875. The van der Waals surface area contributed by atoms with E-state index >= 15 is 0 Å². The first-order chi connectivity index (χ1) is 8.58. The quantitative estimate of drug-likeness (QED) is 0.900. The minimum atomic E-state index is -0.0794. The fourth-order valence-electron chi connectivity index (χ4n) is 1.76. The third kappa shape index (κ3) is 2.59. The van der Waals surface area contributed by atoms with Crippen molar-refractivity contribution < 1.29 is 0 Å². The van der Waals surface area contributed by atoms with Crippen molar-refractivity contribution in [1.82, 2.24) is 9.55 Å². The second-order valence-corrected chi connectivity index (χ2v) is 4.53. The number of aromatic nitrogens is 2. The number of hydrogen-bond donors (Lipinski definition) is 1. The molecule has 4 heteroatoms. The first-order valence-corrected chi connectivity index (χ1v) is 6.00. The number of anilines is 1. The molecule has 2 aromatic heterocycles. The standard InChI is InChI=1S/C14H17N3O/c1-10(2)15-12-7-5-9-17(14(12)18)13-8-4-6-11(3)16-13/h4-10,15H,1-3H3. The van der Waals surface area contributed by atoms with Crippen LogP contribution in [0.5, 0.6) is 0 Å². The van der Waals surface area contributed by atoms with Gasteiger partial charge in [-0.15, -0.1) is 0 Å². The molecule has 0 saturated heterocycles. The van der Waals surface area contributed by atoms with Gasteiger partial charge < -0.3 is 5.32 Å². The molecule has 2 aromatic rings. The molecule has 0 radical (unpaired) electrons. The molecule has 0 amide bonds. The van der Waals surface area contributed by atoms with Gasteiger partial charge in [0.15, 0.2) is 0 Å². The van der Waals surface area contributed by atoms with Crippen molar-refractivity contribution in [1.29, 1.82) is 0 Å². The van der Waals surface area contributed by atoms with Gasteiger partial charge in [0.25, 0.3) is 5.56 Å². The van der Waals surface area contributed by atoms with Crippen LogP contribution in [0.2, 0.25) is 0 Å². The highest BCUT2D eigenvalue weighted by Gasteiger charge is 2.06. The summed E-state index contributed by atoms with van der Waals surface area (Å²) in [4.78, 5) is 16.6. The van der Waals surface area contributed by atoms with Gasteiger partial charge in [0, 0.05) is 17.9 Å². The summed E-state index contributed by atoms with van der Waals surface area (Å²) in [6.07, 6.45) is 1.73. The van der Waals surface area contributed by atoms with Crippen LogP contribution in [-0.2, 0) is 0 Å². The summed E-state index contributed by atoms with van der Waals surface area (Å²) >= 11 is 0. The van der Waals surface area contributed by atoms with E-state index in [1.54, 1.807) is 16.8 Å². The Bertz CT molecular complexity index is 602. The number of hydrogen-bond acceptors (Lipinski definition) is 3. The van der Waals surface area contributed by atoms with Gasteiger partial charge in [-0.25, -0.2) is 4.98 Å². The Balaban J connectivity index is 2.49. The van der Waals surface area contributed by atoms with Crippen LogP contribution in [0.4, 0.5) is 5.69 Å². The maximum absolute atomic E-state index is 12.3. The van der Waals surface area contributed by atoms with E-state index in [1.165, 1.54) is 0 Å². The van der Waals surface area contributed by atoms with Crippen molar-refractivity contribution in [2.24, 2.45) is 0 Å². The zero-order valence-electron chi connectivity index (χ0n) is 10.8. The summed E-state index contributed by atoms with van der Waals surface area (Å²) < 4.78 is 1.55. The van der Waals surface area contributed by atoms with Crippen LogP contribution >= 0.6 is 0 Å². The van der Waals surface area contributed by atoms with Gasteiger partial charge in [0.05, 0.1) is 0 Å². The van der Waals surface area contributed by atoms with Gasteiger partial charge in [-0.1, -0.05) is 6.07 Å². The van der Waals surface area contributed by atoms with E-state index in [4.69, 9.17) is 0 Å². The molecule has 18 heavy (non-hydrogen) atoms. The smallest absolute Gasteiger partial charge is 0.279 e. The number of nitrogens with zero attached hydrogens (tertiary/aromatic N) is 2. The average Bonchev–Trinajstić information content (AvgIpc) is 2.31. The Morgan fingerprint density at radius 1 is 1.22 bits per heavy atom. The molecule has 0 atom stereocenters. The molecule has 0 fully saturated rings. The van der Waals surface area contributed by atoms with Crippen molar-refractivity contribution in [2.75, 3.05) is 5.32 Å².